The van der Waals surface area contributed by atoms with Gasteiger partial charge in [-0.2, -0.15) is 5.10 Å². The van der Waals surface area contributed by atoms with Crippen LogP contribution in [0.1, 0.15) is 10.5 Å². The molecule has 1 aromatic heterocycles. The van der Waals surface area contributed by atoms with E-state index >= 15 is 0 Å². The third-order valence-electron chi connectivity index (χ3n) is 2.62. The number of carbonyl (C=O) groups is 1. The molecule has 0 spiro atoms. The fraction of sp³-hybridized carbons (Fsp3) is 0.167. The summed E-state index contributed by atoms with van der Waals surface area (Å²) < 4.78 is 20.9. The van der Waals surface area contributed by atoms with Crippen LogP contribution >= 0.6 is 15.9 Å². The van der Waals surface area contributed by atoms with E-state index in [2.05, 4.69) is 21.0 Å². The number of hydrogen-bond donors (Lipinski definition) is 1. The first-order valence-electron chi connectivity index (χ1n) is 5.24. The number of aryl methyl sites for hydroxylation is 1. The van der Waals surface area contributed by atoms with E-state index < -0.39 is 11.8 Å². The van der Waals surface area contributed by atoms with E-state index in [0.717, 1.165) is 0 Å². The van der Waals surface area contributed by atoms with Crippen molar-refractivity contribution in [2.45, 2.75) is 0 Å². The van der Waals surface area contributed by atoms with Crippen molar-refractivity contribution in [2.24, 2.45) is 7.05 Å². The van der Waals surface area contributed by atoms with Crippen molar-refractivity contribution in [3.05, 3.63) is 34.2 Å². The van der Waals surface area contributed by atoms with E-state index in [1.54, 1.807) is 7.05 Å². The minimum atomic E-state index is -1.16. The Bertz CT molecular complexity index is 655. The average Bonchev–Trinajstić information content (AvgIpc) is 2.74. The van der Waals surface area contributed by atoms with Crippen LogP contribution in [0.15, 0.2) is 22.7 Å². The lowest BCUT2D eigenvalue weighted by Crippen LogP contribution is -1.99. The summed E-state index contributed by atoms with van der Waals surface area (Å²) in [7, 11) is 2.99. The quantitative estimate of drug-likeness (QED) is 0.940. The van der Waals surface area contributed by atoms with Crippen LogP contribution in [-0.2, 0) is 7.05 Å². The molecule has 0 amide bonds. The molecule has 19 heavy (non-hydrogen) atoms. The van der Waals surface area contributed by atoms with Gasteiger partial charge in [-0.3, -0.25) is 4.68 Å². The summed E-state index contributed by atoms with van der Waals surface area (Å²) in [6.07, 6.45) is 0. The topological polar surface area (TPSA) is 64.3 Å². The fourth-order valence-electron chi connectivity index (χ4n) is 1.71. The van der Waals surface area contributed by atoms with Crippen molar-refractivity contribution in [3.8, 4) is 17.0 Å². The van der Waals surface area contributed by atoms with E-state index in [-0.39, 0.29) is 11.3 Å². The molecule has 1 N–H and O–H groups in total. The van der Waals surface area contributed by atoms with Gasteiger partial charge in [0, 0.05) is 18.7 Å². The van der Waals surface area contributed by atoms with Crippen LogP contribution in [0, 0.1) is 5.82 Å². The molecule has 2 rings (SSSR count). The van der Waals surface area contributed by atoms with Gasteiger partial charge >= 0.3 is 5.97 Å². The highest BCUT2D eigenvalue weighted by Gasteiger charge is 2.17. The third kappa shape index (κ3) is 2.46. The zero-order chi connectivity index (χ0) is 14.2. The summed E-state index contributed by atoms with van der Waals surface area (Å²) in [5.41, 5.74) is 0.484. The molecular formula is C12H10BrFN2O3. The molecule has 7 heteroatoms. The van der Waals surface area contributed by atoms with Crippen LogP contribution in [0.4, 0.5) is 4.39 Å². The largest absolute Gasteiger partial charge is 0.495 e. The number of hydrogen-bond acceptors (Lipinski definition) is 3. The van der Waals surface area contributed by atoms with Gasteiger partial charge in [0.2, 0.25) is 0 Å². The molecule has 100 valence electrons. The van der Waals surface area contributed by atoms with Crippen molar-refractivity contribution in [3.63, 3.8) is 0 Å². The van der Waals surface area contributed by atoms with Crippen LogP contribution in [0.25, 0.3) is 11.3 Å². The van der Waals surface area contributed by atoms with E-state index in [1.807, 2.05) is 0 Å². The van der Waals surface area contributed by atoms with Crippen LogP contribution < -0.4 is 4.74 Å². The molecule has 0 atom stereocenters. The minimum Gasteiger partial charge on any atom is -0.495 e. The summed E-state index contributed by atoms with van der Waals surface area (Å²) in [6.45, 7) is 0. The average molecular weight is 329 g/mol. The van der Waals surface area contributed by atoms with E-state index in [4.69, 9.17) is 9.84 Å². The number of nitrogens with zero attached hydrogens (tertiary/aromatic N) is 2. The first-order valence-corrected chi connectivity index (χ1v) is 6.04. The Kier molecular flexibility index (Phi) is 3.57. The number of halogens is 2. The highest BCUT2D eigenvalue weighted by molar-refractivity contribution is 9.10. The first kappa shape index (κ1) is 13.5. The molecule has 5 nitrogen and oxygen atoms in total. The third-order valence-corrected chi connectivity index (χ3v) is 3.24. The maximum Gasteiger partial charge on any atom is 0.356 e. The minimum absolute atomic E-state index is 0.135. The number of aromatic carboxylic acids is 1. The molecule has 1 aromatic carbocycles. The van der Waals surface area contributed by atoms with E-state index in [1.165, 1.54) is 30.0 Å². The molecule has 0 aliphatic rings. The summed E-state index contributed by atoms with van der Waals surface area (Å²) >= 11 is 3.26. The van der Waals surface area contributed by atoms with Gasteiger partial charge in [0.15, 0.2) is 5.69 Å². The van der Waals surface area contributed by atoms with Gasteiger partial charge in [-0.15, -0.1) is 0 Å². The maximum atomic E-state index is 14.0. The molecule has 0 fully saturated rings. The van der Waals surface area contributed by atoms with Gasteiger partial charge in [-0.25, -0.2) is 9.18 Å². The number of carboxylic acids is 1. The number of carboxylic acid groups (broad SMARTS) is 1. The normalized spacial score (nSPS) is 10.5. The molecule has 0 bridgehead atoms. The van der Waals surface area contributed by atoms with Gasteiger partial charge in [0.05, 0.1) is 17.3 Å². The second kappa shape index (κ2) is 5.00. The van der Waals surface area contributed by atoms with Crippen molar-refractivity contribution in [1.82, 2.24) is 9.78 Å². The molecule has 2 aromatic rings. The van der Waals surface area contributed by atoms with Gasteiger partial charge in [0.25, 0.3) is 0 Å². The van der Waals surface area contributed by atoms with Crippen LogP contribution in [0.2, 0.25) is 0 Å². The second-order valence-electron chi connectivity index (χ2n) is 3.81. The van der Waals surface area contributed by atoms with E-state index in [9.17, 15) is 9.18 Å². The Labute approximate surface area is 116 Å². The highest BCUT2D eigenvalue weighted by atomic mass is 79.9. The van der Waals surface area contributed by atoms with Gasteiger partial charge < -0.3 is 9.84 Å². The molecular weight excluding hydrogens is 319 g/mol. The summed E-state index contributed by atoms with van der Waals surface area (Å²) in [5, 5.41) is 12.7. The molecule has 0 unspecified atom stereocenters. The smallest absolute Gasteiger partial charge is 0.356 e. The zero-order valence-corrected chi connectivity index (χ0v) is 11.7. The SMILES string of the molecule is COc1cc(F)c(-c2cc(C(=O)O)nn2C)cc1Br. The Morgan fingerprint density at radius 1 is 1.47 bits per heavy atom. The molecule has 0 aliphatic heterocycles. The molecule has 1 heterocycles. The molecule has 0 aliphatic carbocycles. The molecule has 0 saturated carbocycles. The standard InChI is InChI=1S/C12H10BrFN2O3/c1-16-10(5-9(15-16)12(17)18)6-3-7(13)11(19-2)4-8(6)14/h3-5H,1-2H3,(H,17,18). The zero-order valence-electron chi connectivity index (χ0n) is 10.1. The second-order valence-corrected chi connectivity index (χ2v) is 4.66. The monoisotopic (exact) mass is 328 g/mol. The Morgan fingerprint density at radius 3 is 2.68 bits per heavy atom. The molecule has 0 saturated heterocycles. The van der Waals surface area contributed by atoms with Crippen molar-refractivity contribution in [2.75, 3.05) is 7.11 Å². The first-order chi connectivity index (χ1) is 8.93. The molecule has 0 radical (unpaired) electrons. The Hall–Kier alpha value is -1.89. The highest BCUT2D eigenvalue weighted by Crippen LogP contribution is 2.33. The number of aromatic nitrogens is 2. The summed E-state index contributed by atoms with van der Waals surface area (Å²) in [6, 6.07) is 4.07. The maximum absolute atomic E-state index is 14.0. The number of methoxy groups -OCH3 is 1. The number of ether oxygens (including phenoxy) is 1. The van der Waals surface area contributed by atoms with Crippen molar-refractivity contribution in [1.29, 1.82) is 0 Å². The summed E-state index contributed by atoms with van der Waals surface area (Å²) in [5.74, 6) is -1.31. The van der Waals surface area contributed by atoms with E-state index in [0.29, 0.717) is 15.9 Å². The number of benzene rings is 1. The van der Waals surface area contributed by atoms with Crippen LogP contribution in [0.3, 0.4) is 0 Å². The predicted molar refractivity (Wildman–Crippen MR) is 69.8 cm³/mol. The number of rotatable bonds is 3. The lowest BCUT2D eigenvalue weighted by atomic mass is 10.1. The summed E-state index contributed by atoms with van der Waals surface area (Å²) in [4.78, 5) is 10.9. The van der Waals surface area contributed by atoms with Gasteiger partial charge in [-0.05, 0) is 28.1 Å². The fourth-order valence-corrected chi connectivity index (χ4v) is 2.21. The Morgan fingerprint density at radius 2 is 2.16 bits per heavy atom. The van der Waals surface area contributed by atoms with Crippen molar-refractivity contribution >= 4 is 21.9 Å². The van der Waals surface area contributed by atoms with Gasteiger partial charge in [0.1, 0.15) is 11.6 Å². The van der Waals surface area contributed by atoms with Crippen LogP contribution in [0.5, 0.6) is 5.75 Å². The van der Waals surface area contributed by atoms with Crippen LogP contribution in [-0.4, -0.2) is 28.0 Å². The predicted octanol–water partition coefficient (Wildman–Crippen LogP) is 2.70. The Balaban J connectivity index is 2.59. The lowest BCUT2D eigenvalue weighted by Gasteiger charge is -2.08. The van der Waals surface area contributed by atoms with Gasteiger partial charge in [-0.1, -0.05) is 0 Å². The van der Waals surface area contributed by atoms with Crippen molar-refractivity contribution < 1.29 is 19.0 Å². The lowest BCUT2D eigenvalue weighted by molar-refractivity contribution is 0.0689.